The molecule has 1 aromatic heterocycles. The number of carbonyl (C=O) groups excluding carboxylic acids is 1. The van der Waals surface area contributed by atoms with E-state index in [1.54, 1.807) is 30.5 Å². The fourth-order valence-electron chi connectivity index (χ4n) is 1.58. The molecule has 0 radical (unpaired) electrons. The summed E-state index contributed by atoms with van der Waals surface area (Å²) in [5.41, 5.74) is 0.944. The molecule has 0 bridgehead atoms. The van der Waals surface area contributed by atoms with E-state index in [2.05, 4.69) is 20.9 Å². The maximum atomic E-state index is 12.3. The lowest BCUT2D eigenvalue weighted by Gasteiger charge is -2.08. The SMILES string of the molecule is CCOc1ccccc1C(=O)c1ccc(Br)cn1. The number of halogens is 1. The molecule has 0 N–H and O–H groups in total. The van der Waals surface area contributed by atoms with Gasteiger partial charge >= 0.3 is 0 Å². The molecule has 3 nitrogen and oxygen atoms in total. The van der Waals surface area contributed by atoms with Crippen molar-refractivity contribution in [2.24, 2.45) is 0 Å². The second-order valence-electron chi connectivity index (χ2n) is 3.62. The molecule has 0 amide bonds. The maximum Gasteiger partial charge on any atom is 0.215 e. The molecule has 0 atom stereocenters. The minimum atomic E-state index is -0.133. The molecule has 1 aromatic carbocycles. The molecule has 0 aliphatic carbocycles. The van der Waals surface area contributed by atoms with Gasteiger partial charge in [0.05, 0.1) is 12.2 Å². The van der Waals surface area contributed by atoms with Crippen molar-refractivity contribution < 1.29 is 9.53 Å². The van der Waals surface area contributed by atoms with Gasteiger partial charge in [-0.3, -0.25) is 9.78 Å². The number of para-hydroxylation sites is 1. The van der Waals surface area contributed by atoms with Gasteiger partial charge in [-0.15, -0.1) is 0 Å². The van der Waals surface area contributed by atoms with E-state index in [0.717, 1.165) is 4.47 Å². The average molecular weight is 306 g/mol. The number of hydrogen-bond donors (Lipinski definition) is 0. The Bertz CT molecular complexity index is 552. The van der Waals surface area contributed by atoms with Crippen molar-refractivity contribution in [2.75, 3.05) is 6.61 Å². The minimum Gasteiger partial charge on any atom is -0.493 e. The monoisotopic (exact) mass is 305 g/mol. The standard InChI is InChI=1S/C14H12BrNO2/c1-2-18-13-6-4-3-5-11(13)14(17)12-8-7-10(15)9-16-12/h3-9H,2H2,1H3. The van der Waals surface area contributed by atoms with Gasteiger partial charge in [0.2, 0.25) is 5.78 Å². The summed E-state index contributed by atoms with van der Waals surface area (Å²) < 4.78 is 6.29. The predicted octanol–water partition coefficient (Wildman–Crippen LogP) is 3.47. The van der Waals surface area contributed by atoms with Crippen LogP contribution in [0.3, 0.4) is 0 Å². The largest absolute Gasteiger partial charge is 0.493 e. The smallest absolute Gasteiger partial charge is 0.215 e. The summed E-state index contributed by atoms with van der Waals surface area (Å²) >= 11 is 3.29. The first-order valence-electron chi connectivity index (χ1n) is 5.60. The van der Waals surface area contributed by atoms with Gasteiger partial charge < -0.3 is 4.74 Å². The van der Waals surface area contributed by atoms with Gasteiger partial charge in [-0.1, -0.05) is 12.1 Å². The fraction of sp³-hybridized carbons (Fsp3) is 0.143. The van der Waals surface area contributed by atoms with Crippen LogP contribution in [-0.2, 0) is 0 Å². The van der Waals surface area contributed by atoms with Crippen molar-refractivity contribution in [3.63, 3.8) is 0 Å². The first-order chi connectivity index (χ1) is 8.72. The lowest BCUT2D eigenvalue weighted by atomic mass is 10.1. The molecule has 0 fully saturated rings. The summed E-state index contributed by atoms with van der Waals surface area (Å²) in [5.74, 6) is 0.460. The highest BCUT2D eigenvalue weighted by Gasteiger charge is 2.15. The van der Waals surface area contributed by atoms with Gasteiger partial charge in [0.1, 0.15) is 11.4 Å². The first kappa shape index (κ1) is 12.8. The first-order valence-corrected chi connectivity index (χ1v) is 6.39. The molecule has 0 saturated heterocycles. The molecule has 2 rings (SSSR count). The summed E-state index contributed by atoms with van der Waals surface area (Å²) in [6.07, 6.45) is 1.61. The molecule has 0 spiro atoms. The Morgan fingerprint density at radius 2 is 2.06 bits per heavy atom. The highest BCUT2D eigenvalue weighted by Crippen LogP contribution is 2.21. The van der Waals surface area contributed by atoms with Crippen LogP contribution >= 0.6 is 15.9 Å². The van der Waals surface area contributed by atoms with Crippen molar-refractivity contribution in [2.45, 2.75) is 6.92 Å². The number of nitrogens with zero attached hydrogens (tertiary/aromatic N) is 1. The van der Waals surface area contributed by atoms with Crippen LogP contribution in [0.1, 0.15) is 23.0 Å². The number of rotatable bonds is 4. The number of ether oxygens (including phenoxy) is 1. The lowest BCUT2D eigenvalue weighted by Crippen LogP contribution is -2.06. The van der Waals surface area contributed by atoms with Gasteiger partial charge in [0.25, 0.3) is 0 Å². The van der Waals surface area contributed by atoms with E-state index in [4.69, 9.17) is 4.74 Å². The zero-order chi connectivity index (χ0) is 13.0. The Morgan fingerprint density at radius 3 is 2.72 bits per heavy atom. The summed E-state index contributed by atoms with van der Waals surface area (Å²) in [6.45, 7) is 2.41. The Labute approximate surface area is 114 Å². The van der Waals surface area contributed by atoms with Gasteiger partial charge in [-0.2, -0.15) is 0 Å². The maximum absolute atomic E-state index is 12.3. The summed E-state index contributed by atoms with van der Waals surface area (Å²) in [5, 5.41) is 0. The van der Waals surface area contributed by atoms with E-state index >= 15 is 0 Å². The molecule has 0 aliphatic heterocycles. The summed E-state index contributed by atoms with van der Waals surface area (Å²) in [7, 11) is 0. The minimum absolute atomic E-state index is 0.133. The van der Waals surface area contributed by atoms with Crippen molar-refractivity contribution in [1.29, 1.82) is 0 Å². The third kappa shape index (κ3) is 2.76. The van der Waals surface area contributed by atoms with E-state index in [-0.39, 0.29) is 5.78 Å². The van der Waals surface area contributed by atoms with Crippen molar-refractivity contribution in [3.8, 4) is 5.75 Å². The summed E-state index contributed by atoms with van der Waals surface area (Å²) in [4.78, 5) is 16.4. The van der Waals surface area contributed by atoms with Gasteiger partial charge in [-0.05, 0) is 47.1 Å². The molecule has 1 heterocycles. The zero-order valence-electron chi connectivity index (χ0n) is 9.89. The topological polar surface area (TPSA) is 39.2 Å². The van der Waals surface area contributed by atoms with Crippen LogP contribution in [0, 0.1) is 0 Å². The van der Waals surface area contributed by atoms with Crippen molar-refractivity contribution in [3.05, 3.63) is 58.3 Å². The Balaban J connectivity index is 2.36. The Kier molecular flexibility index (Phi) is 4.10. The van der Waals surface area contributed by atoms with Crippen LogP contribution < -0.4 is 4.74 Å². The molecule has 4 heteroatoms. The van der Waals surface area contributed by atoms with E-state index in [1.807, 2.05) is 19.1 Å². The molecule has 2 aromatic rings. The Hall–Kier alpha value is -1.68. The number of carbonyl (C=O) groups is 1. The molecular formula is C14H12BrNO2. The highest BCUT2D eigenvalue weighted by molar-refractivity contribution is 9.10. The van der Waals surface area contributed by atoms with Crippen LogP contribution in [-0.4, -0.2) is 17.4 Å². The van der Waals surface area contributed by atoms with Crippen LogP contribution in [0.4, 0.5) is 0 Å². The lowest BCUT2D eigenvalue weighted by molar-refractivity contribution is 0.103. The van der Waals surface area contributed by atoms with Gasteiger partial charge in [0, 0.05) is 10.7 Å². The number of aromatic nitrogens is 1. The molecule has 0 unspecified atom stereocenters. The number of hydrogen-bond acceptors (Lipinski definition) is 3. The highest BCUT2D eigenvalue weighted by atomic mass is 79.9. The zero-order valence-corrected chi connectivity index (χ0v) is 11.5. The number of ketones is 1. The quantitative estimate of drug-likeness (QED) is 0.812. The predicted molar refractivity (Wildman–Crippen MR) is 73.0 cm³/mol. The second-order valence-corrected chi connectivity index (χ2v) is 4.54. The Morgan fingerprint density at radius 1 is 1.28 bits per heavy atom. The third-order valence-corrected chi connectivity index (χ3v) is 2.86. The van der Waals surface area contributed by atoms with E-state index in [9.17, 15) is 4.79 Å². The normalized spacial score (nSPS) is 10.1. The molecule has 0 aliphatic rings. The van der Waals surface area contributed by atoms with E-state index in [1.165, 1.54) is 0 Å². The molecule has 18 heavy (non-hydrogen) atoms. The third-order valence-electron chi connectivity index (χ3n) is 2.39. The van der Waals surface area contributed by atoms with Crippen molar-refractivity contribution in [1.82, 2.24) is 4.98 Å². The van der Waals surface area contributed by atoms with Crippen LogP contribution in [0.15, 0.2) is 47.1 Å². The van der Waals surface area contributed by atoms with Crippen LogP contribution in [0.5, 0.6) is 5.75 Å². The van der Waals surface area contributed by atoms with E-state index in [0.29, 0.717) is 23.6 Å². The molecule has 92 valence electrons. The van der Waals surface area contributed by atoms with E-state index < -0.39 is 0 Å². The fourth-order valence-corrected chi connectivity index (χ4v) is 1.82. The molecular weight excluding hydrogens is 294 g/mol. The number of pyridine rings is 1. The average Bonchev–Trinajstić information content (AvgIpc) is 2.40. The molecule has 0 saturated carbocycles. The summed E-state index contributed by atoms with van der Waals surface area (Å²) in [6, 6.07) is 10.7. The second kappa shape index (κ2) is 5.78. The van der Waals surface area contributed by atoms with Crippen LogP contribution in [0.2, 0.25) is 0 Å². The number of benzene rings is 1. The van der Waals surface area contributed by atoms with Crippen molar-refractivity contribution >= 4 is 21.7 Å². The van der Waals surface area contributed by atoms with Crippen LogP contribution in [0.25, 0.3) is 0 Å². The van der Waals surface area contributed by atoms with Gasteiger partial charge in [0.15, 0.2) is 0 Å². The van der Waals surface area contributed by atoms with Gasteiger partial charge in [-0.25, -0.2) is 0 Å².